The fourth-order valence-electron chi connectivity index (χ4n) is 1.83. The molecular weight excluding hydrogens is 261 g/mol. The number of carbonyl (C=O) groups is 1. The first-order chi connectivity index (χ1) is 8.97. The smallest absolute Gasteiger partial charge is 0.258 e. The van der Waals surface area contributed by atoms with Gasteiger partial charge in [0, 0.05) is 10.6 Å². The summed E-state index contributed by atoms with van der Waals surface area (Å²) in [7, 11) is 0. The Bertz CT molecular complexity index is 640. The van der Waals surface area contributed by atoms with E-state index in [1.807, 2.05) is 32.0 Å². The van der Waals surface area contributed by atoms with E-state index >= 15 is 0 Å². The quantitative estimate of drug-likeness (QED) is 0.797. The zero-order chi connectivity index (χ0) is 14.0. The Balaban J connectivity index is 2.28. The van der Waals surface area contributed by atoms with Crippen LogP contribution in [-0.2, 0) is 0 Å². The summed E-state index contributed by atoms with van der Waals surface area (Å²) in [4.78, 5) is 12.6. The molecule has 2 nitrogen and oxygen atoms in total. The van der Waals surface area contributed by atoms with Gasteiger partial charge in [0.1, 0.15) is 5.82 Å². The summed E-state index contributed by atoms with van der Waals surface area (Å²) < 4.78 is 13.6. The number of halogens is 1. The van der Waals surface area contributed by atoms with Crippen LogP contribution in [0.2, 0.25) is 0 Å². The van der Waals surface area contributed by atoms with Crippen molar-refractivity contribution < 1.29 is 9.18 Å². The minimum atomic E-state index is -0.555. The van der Waals surface area contributed by atoms with Gasteiger partial charge in [0.05, 0.1) is 5.56 Å². The fraction of sp³-hybridized carbons (Fsp3) is 0.133. The van der Waals surface area contributed by atoms with Crippen molar-refractivity contribution in [3.8, 4) is 0 Å². The lowest BCUT2D eigenvalue weighted by molar-refractivity contribution is 0.102. The van der Waals surface area contributed by atoms with Gasteiger partial charge in [-0.15, -0.1) is 12.6 Å². The highest BCUT2D eigenvalue weighted by atomic mass is 32.1. The SMILES string of the molecule is Cc1ccc(NC(=O)c2cc(S)ccc2F)c(C)c1. The van der Waals surface area contributed by atoms with E-state index < -0.39 is 11.7 Å². The fourth-order valence-corrected chi connectivity index (χ4v) is 2.03. The second-order valence-corrected chi connectivity index (χ2v) is 4.95. The summed E-state index contributed by atoms with van der Waals surface area (Å²) in [5, 5.41) is 2.71. The third-order valence-corrected chi connectivity index (χ3v) is 3.10. The molecule has 0 fully saturated rings. The third kappa shape index (κ3) is 3.15. The molecule has 2 aromatic rings. The van der Waals surface area contributed by atoms with Gasteiger partial charge < -0.3 is 5.32 Å². The molecule has 0 saturated carbocycles. The molecule has 0 unspecified atom stereocenters. The van der Waals surface area contributed by atoms with E-state index in [1.165, 1.54) is 18.2 Å². The first-order valence-electron chi connectivity index (χ1n) is 5.84. The third-order valence-electron chi connectivity index (χ3n) is 2.82. The van der Waals surface area contributed by atoms with Crippen LogP contribution in [0.5, 0.6) is 0 Å². The molecule has 1 amide bonds. The molecule has 0 aliphatic heterocycles. The second-order valence-electron chi connectivity index (χ2n) is 4.44. The van der Waals surface area contributed by atoms with E-state index in [1.54, 1.807) is 0 Å². The van der Waals surface area contributed by atoms with Gasteiger partial charge in [-0.3, -0.25) is 4.79 Å². The molecule has 0 spiro atoms. The lowest BCUT2D eigenvalue weighted by atomic mass is 10.1. The molecular formula is C15H14FNOS. The topological polar surface area (TPSA) is 29.1 Å². The Hall–Kier alpha value is -1.81. The normalized spacial score (nSPS) is 10.3. The largest absolute Gasteiger partial charge is 0.322 e. The lowest BCUT2D eigenvalue weighted by Gasteiger charge is -2.10. The Labute approximate surface area is 117 Å². The summed E-state index contributed by atoms with van der Waals surface area (Å²) in [5.41, 5.74) is 2.72. The summed E-state index contributed by atoms with van der Waals surface area (Å²) in [5.74, 6) is -1.03. The number of amides is 1. The molecule has 0 saturated heterocycles. The van der Waals surface area contributed by atoms with Crippen molar-refractivity contribution >= 4 is 24.2 Å². The number of aryl methyl sites for hydroxylation is 2. The number of thiol groups is 1. The zero-order valence-corrected chi connectivity index (χ0v) is 11.6. The maximum absolute atomic E-state index is 13.6. The van der Waals surface area contributed by atoms with Crippen LogP contribution in [0, 0.1) is 19.7 Å². The molecule has 0 radical (unpaired) electrons. The maximum atomic E-state index is 13.6. The molecule has 0 aliphatic rings. The predicted molar refractivity (Wildman–Crippen MR) is 77.5 cm³/mol. The molecule has 0 heterocycles. The van der Waals surface area contributed by atoms with Crippen molar-refractivity contribution in [3.05, 3.63) is 58.9 Å². The van der Waals surface area contributed by atoms with Gasteiger partial charge in [-0.2, -0.15) is 0 Å². The lowest BCUT2D eigenvalue weighted by Crippen LogP contribution is -2.14. The van der Waals surface area contributed by atoms with E-state index in [-0.39, 0.29) is 5.56 Å². The Kier molecular flexibility index (Phi) is 3.90. The second kappa shape index (κ2) is 5.45. The summed E-state index contributed by atoms with van der Waals surface area (Å²) in [6.07, 6.45) is 0. The van der Waals surface area contributed by atoms with Gasteiger partial charge in [-0.1, -0.05) is 17.7 Å². The van der Waals surface area contributed by atoms with E-state index in [0.29, 0.717) is 10.6 Å². The molecule has 2 aromatic carbocycles. The van der Waals surface area contributed by atoms with Crippen LogP contribution in [0.4, 0.5) is 10.1 Å². The molecule has 1 N–H and O–H groups in total. The molecule has 2 rings (SSSR count). The molecule has 19 heavy (non-hydrogen) atoms. The van der Waals surface area contributed by atoms with Crippen LogP contribution in [0.15, 0.2) is 41.3 Å². The van der Waals surface area contributed by atoms with Crippen LogP contribution in [0.1, 0.15) is 21.5 Å². The van der Waals surface area contributed by atoms with Crippen molar-refractivity contribution in [1.29, 1.82) is 0 Å². The van der Waals surface area contributed by atoms with Crippen molar-refractivity contribution in [2.75, 3.05) is 5.32 Å². The van der Waals surface area contributed by atoms with E-state index in [9.17, 15) is 9.18 Å². The Morgan fingerprint density at radius 3 is 2.58 bits per heavy atom. The van der Waals surface area contributed by atoms with Crippen LogP contribution < -0.4 is 5.32 Å². The number of anilines is 1. The number of hydrogen-bond donors (Lipinski definition) is 2. The van der Waals surface area contributed by atoms with Gasteiger partial charge in [0.15, 0.2) is 0 Å². The molecule has 0 atom stereocenters. The first-order valence-corrected chi connectivity index (χ1v) is 6.29. The summed E-state index contributed by atoms with van der Waals surface area (Å²) >= 11 is 4.11. The predicted octanol–water partition coefficient (Wildman–Crippen LogP) is 3.98. The minimum Gasteiger partial charge on any atom is -0.322 e. The van der Waals surface area contributed by atoms with Gasteiger partial charge in [0.2, 0.25) is 0 Å². The monoisotopic (exact) mass is 275 g/mol. The van der Waals surface area contributed by atoms with Crippen molar-refractivity contribution in [3.63, 3.8) is 0 Å². The van der Waals surface area contributed by atoms with Crippen LogP contribution >= 0.6 is 12.6 Å². The van der Waals surface area contributed by atoms with Crippen LogP contribution in [0.25, 0.3) is 0 Å². The molecule has 0 aliphatic carbocycles. The average Bonchev–Trinajstić information content (AvgIpc) is 2.35. The highest BCUT2D eigenvalue weighted by Crippen LogP contribution is 2.19. The number of hydrogen-bond acceptors (Lipinski definition) is 2. The molecule has 4 heteroatoms. The Morgan fingerprint density at radius 1 is 1.16 bits per heavy atom. The van der Waals surface area contributed by atoms with Crippen molar-refractivity contribution in [1.82, 2.24) is 0 Å². The van der Waals surface area contributed by atoms with Crippen LogP contribution in [-0.4, -0.2) is 5.91 Å². The van der Waals surface area contributed by atoms with E-state index in [0.717, 1.165) is 11.1 Å². The number of carbonyl (C=O) groups excluding carboxylic acids is 1. The van der Waals surface area contributed by atoms with Gasteiger partial charge in [0.25, 0.3) is 5.91 Å². The van der Waals surface area contributed by atoms with Gasteiger partial charge >= 0.3 is 0 Å². The van der Waals surface area contributed by atoms with Crippen molar-refractivity contribution in [2.24, 2.45) is 0 Å². The van der Waals surface area contributed by atoms with Crippen LogP contribution in [0.3, 0.4) is 0 Å². The number of rotatable bonds is 2. The molecule has 0 bridgehead atoms. The first kappa shape index (κ1) is 13.6. The maximum Gasteiger partial charge on any atom is 0.258 e. The summed E-state index contributed by atoms with van der Waals surface area (Å²) in [6.45, 7) is 3.87. The average molecular weight is 275 g/mol. The standard InChI is InChI=1S/C15H14FNOS/c1-9-3-6-14(10(2)7-9)17-15(18)12-8-11(19)4-5-13(12)16/h3-8,19H,1-2H3,(H,17,18). The zero-order valence-electron chi connectivity index (χ0n) is 10.7. The number of benzene rings is 2. The van der Waals surface area contributed by atoms with Crippen molar-refractivity contribution in [2.45, 2.75) is 18.7 Å². The highest BCUT2D eigenvalue weighted by molar-refractivity contribution is 7.80. The molecule has 0 aromatic heterocycles. The minimum absolute atomic E-state index is 0.00697. The number of nitrogens with one attached hydrogen (secondary N) is 1. The summed E-state index contributed by atoms with van der Waals surface area (Å²) in [6, 6.07) is 9.82. The molecule has 98 valence electrons. The Morgan fingerprint density at radius 2 is 1.89 bits per heavy atom. The van der Waals surface area contributed by atoms with E-state index in [4.69, 9.17) is 0 Å². The highest BCUT2D eigenvalue weighted by Gasteiger charge is 2.13. The van der Waals surface area contributed by atoms with Gasteiger partial charge in [-0.25, -0.2) is 4.39 Å². The van der Waals surface area contributed by atoms with E-state index in [2.05, 4.69) is 17.9 Å². The van der Waals surface area contributed by atoms with Gasteiger partial charge in [-0.05, 0) is 43.7 Å².